The highest BCUT2D eigenvalue weighted by atomic mass is 32.2. The Morgan fingerprint density at radius 3 is 2.00 bits per heavy atom. The van der Waals surface area contributed by atoms with Crippen LogP contribution in [0.2, 0.25) is 0 Å². The number of hydrogen-bond donors (Lipinski definition) is 2. The number of rotatable bonds is 15. The molecule has 2 fully saturated rings. The maximum absolute atomic E-state index is 14.4. The van der Waals surface area contributed by atoms with Crippen LogP contribution in [0.15, 0.2) is 30.3 Å². The van der Waals surface area contributed by atoms with Crippen molar-refractivity contribution >= 4 is 45.5 Å². The molecule has 13 nitrogen and oxygen atoms in total. The number of carbonyl (C=O) groups is 6. The van der Waals surface area contributed by atoms with Crippen molar-refractivity contribution in [3.8, 4) is 0 Å². The van der Waals surface area contributed by atoms with E-state index < -0.39 is 97.9 Å². The molecule has 1 aromatic rings. The minimum absolute atomic E-state index is 0.0321. The third-order valence-electron chi connectivity index (χ3n) is 10.4. The lowest BCUT2D eigenvalue weighted by Gasteiger charge is -2.38. The Labute approximate surface area is 307 Å². The molecule has 2 bridgehead atoms. The van der Waals surface area contributed by atoms with Crippen LogP contribution in [-0.2, 0) is 49.9 Å². The van der Waals surface area contributed by atoms with Crippen LogP contribution in [0.1, 0.15) is 100 Å². The zero-order valence-corrected chi connectivity index (χ0v) is 32.9. The van der Waals surface area contributed by atoms with Gasteiger partial charge in [-0.3, -0.25) is 24.0 Å². The topological polar surface area (TPSA) is 191 Å². The maximum atomic E-state index is 14.4. The lowest BCUT2D eigenvalue weighted by Crippen LogP contribution is -2.56. The average Bonchev–Trinajstić information content (AvgIpc) is 3.32. The van der Waals surface area contributed by atoms with Gasteiger partial charge in [0.1, 0.15) is 29.6 Å². The number of fused-ring (bicyclic) bond motifs is 2. The number of ketones is 2. The smallest absolute Gasteiger partial charge is 0.424 e. The summed E-state index contributed by atoms with van der Waals surface area (Å²) in [5.41, 5.74) is -3.50. The third-order valence-corrected chi connectivity index (χ3v) is 12.2. The molecule has 0 radical (unpaired) electrons. The Hall–Kier alpha value is -3.81. The summed E-state index contributed by atoms with van der Waals surface area (Å²) < 4.78 is 39.7. The zero-order valence-electron chi connectivity index (χ0n) is 32.1. The van der Waals surface area contributed by atoms with E-state index in [-0.39, 0.29) is 35.3 Å². The van der Waals surface area contributed by atoms with Crippen molar-refractivity contribution < 1.29 is 51.8 Å². The highest BCUT2D eigenvalue weighted by Crippen LogP contribution is 2.64. The molecule has 0 spiro atoms. The summed E-state index contributed by atoms with van der Waals surface area (Å²) >= 11 is 0. The molecule has 5 unspecified atom stereocenters. The van der Waals surface area contributed by atoms with Crippen LogP contribution in [0.5, 0.6) is 0 Å². The number of sulfonamides is 1. The van der Waals surface area contributed by atoms with Crippen LogP contribution in [0, 0.1) is 34.5 Å². The molecule has 5 atom stereocenters. The Bertz CT molecular complexity index is 1640. The Morgan fingerprint density at radius 1 is 0.962 bits per heavy atom. The number of nitrogens with one attached hydrogen (secondary N) is 1. The fourth-order valence-electron chi connectivity index (χ4n) is 7.40. The van der Waals surface area contributed by atoms with Crippen molar-refractivity contribution in [1.29, 1.82) is 0 Å². The van der Waals surface area contributed by atoms with Gasteiger partial charge < -0.3 is 19.9 Å². The molecule has 2 saturated carbocycles. The summed E-state index contributed by atoms with van der Waals surface area (Å²) in [6.07, 6.45) is -0.846. The average molecular weight is 749 g/mol. The van der Waals surface area contributed by atoms with Crippen LogP contribution in [0.3, 0.4) is 0 Å². The van der Waals surface area contributed by atoms with E-state index in [2.05, 4.69) is 5.32 Å². The summed E-state index contributed by atoms with van der Waals surface area (Å²) in [4.78, 5) is 80.9. The summed E-state index contributed by atoms with van der Waals surface area (Å²) in [7, 11) is -4.75. The minimum atomic E-state index is -4.75. The summed E-state index contributed by atoms with van der Waals surface area (Å²) in [5.74, 6) is -8.17. The molecule has 3 rings (SSSR count). The molecule has 290 valence electrons. The van der Waals surface area contributed by atoms with Gasteiger partial charge in [-0.15, -0.1) is 0 Å². The quantitative estimate of drug-likeness (QED) is 0.231. The van der Waals surface area contributed by atoms with Crippen LogP contribution >= 0.6 is 0 Å². The monoisotopic (exact) mass is 748 g/mol. The molecular weight excluding hydrogens is 692 g/mol. The van der Waals surface area contributed by atoms with E-state index in [0.717, 1.165) is 0 Å². The van der Waals surface area contributed by atoms with Crippen LogP contribution in [0.4, 0.5) is 4.79 Å². The molecule has 0 saturated heterocycles. The summed E-state index contributed by atoms with van der Waals surface area (Å²) in [5, 5.41) is 13.0. The van der Waals surface area contributed by atoms with Crippen molar-refractivity contribution in [1.82, 2.24) is 9.62 Å². The van der Waals surface area contributed by atoms with E-state index in [0.29, 0.717) is 18.4 Å². The Kier molecular flexibility index (Phi) is 12.8. The first-order valence-electron chi connectivity index (χ1n) is 17.8. The van der Waals surface area contributed by atoms with E-state index in [9.17, 15) is 42.3 Å². The molecule has 14 heteroatoms. The molecule has 0 aromatic heterocycles. The predicted octanol–water partition coefficient (Wildman–Crippen LogP) is 4.95. The molecule has 2 aliphatic rings. The maximum Gasteiger partial charge on any atom is 0.424 e. The Morgan fingerprint density at radius 2 is 1.54 bits per heavy atom. The lowest BCUT2D eigenvalue weighted by molar-refractivity contribution is -0.158. The van der Waals surface area contributed by atoms with Gasteiger partial charge >= 0.3 is 18.0 Å². The first kappa shape index (κ1) is 42.6. The molecule has 2 amide bonds. The second-order valence-corrected chi connectivity index (χ2v) is 19.0. The number of hydrogen-bond acceptors (Lipinski definition) is 10. The fourth-order valence-corrected chi connectivity index (χ4v) is 9.45. The third kappa shape index (κ3) is 9.99. The molecule has 2 N–H and O–H groups in total. The van der Waals surface area contributed by atoms with Crippen molar-refractivity contribution in [3.63, 3.8) is 0 Å². The standard InChI is InChI=1S/C38H56N2O11S/c1-23(2)26(20-30(43)50-35(3,4)5)32(44)39-31(27(33(45)46)18-24-14-12-11-13-15-24)28(41)21-40(34(47)51-36(6,7)8)52(48,49)22-38-17-16-25(19-29(38)42)37(38,9)10/h11-15,23,25-27,31H,16-22H2,1-10H3,(H,39,44)(H,45,46). The number of ether oxygens (including phenoxy) is 2. The zero-order chi connectivity index (χ0) is 39.6. The fraction of sp³-hybridized carbons (Fsp3) is 0.684. The highest BCUT2D eigenvalue weighted by molar-refractivity contribution is 7.89. The molecular formula is C38H56N2O11S. The minimum Gasteiger partial charge on any atom is -0.481 e. The number of esters is 1. The van der Waals surface area contributed by atoms with E-state index in [1.807, 2.05) is 13.8 Å². The van der Waals surface area contributed by atoms with Crippen LogP contribution in [0.25, 0.3) is 0 Å². The van der Waals surface area contributed by atoms with Gasteiger partial charge in [0.2, 0.25) is 15.9 Å². The number of aliphatic carboxylic acids is 1. The van der Waals surface area contributed by atoms with Crippen LogP contribution in [-0.4, -0.2) is 82.9 Å². The number of carboxylic acids is 1. The second kappa shape index (κ2) is 15.7. The number of benzene rings is 1. The largest absolute Gasteiger partial charge is 0.481 e. The first-order valence-corrected chi connectivity index (χ1v) is 19.4. The Balaban J connectivity index is 2.07. The van der Waals surface area contributed by atoms with Gasteiger partial charge in [-0.05, 0) is 83.6 Å². The highest BCUT2D eigenvalue weighted by Gasteiger charge is 2.66. The first-order chi connectivity index (χ1) is 23.7. The van der Waals surface area contributed by atoms with Gasteiger partial charge in [-0.1, -0.05) is 58.0 Å². The molecule has 0 heterocycles. The van der Waals surface area contributed by atoms with E-state index in [1.165, 1.54) is 20.8 Å². The number of Topliss-reactive ketones (excluding diaryl/α,β-unsaturated/α-hetero) is 2. The normalized spacial score (nSPS) is 21.6. The van der Waals surface area contributed by atoms with Crippen molar-refractivity contribution in [2.24, 2.45) is 34.5 Å². The van der Waals surface area contributed by atoms with Gasteiger partial charge in [0, 0.05) is 6.42 Å². The predicted molar refractivity (Wildman–Crippen MR) is 192 cm³/mol. The van der Waals surface area contributed by atoms with E-state index in [1.54, 1.807) is 65.0 Å². The second-order valence-electron chi connectivity index (χ2n) is 17.1. The summed E-state index contributed by atoms with van der Waals surface area (Å²) in [6, 6.07) is 6.52. The van der Waals surface area contributed by atoms with E-state index in [4.69, 9.17) is 9.47 Å². The van der Waals surface area contributed by atoms with Gasteiger partial charge in [0.25, 0.3) is 0 Å². The molecule has 52 heavy (non-hydrogen) atoms. The lowest BCUT2D eigenvalue weighted by atomic mass is 9.70. The number of carbonyl (C=O) groups excluding carboxylic acids is 5. The van der Waals surface area contributed by atoms with Crippen molar-refractivity contribution in [3.05, 3.63) is 35.9 Å². The molecule has 2 aliphatic carbocycles. The molecule has 1 aromatic carbocycles. The van der Waals surface area contributed by atoms with E-state index >= 15 is 0 Å². The van der Waals surface area contributed by atoms with Gasteiger partial charge in [0.05, 0.1) is 29.4 Å². The van der Waals surface area contributed by atoms with Gasteiger partial charge in [-0.2, -0.15) is 4.31 Å². The SMILES string of the molecule is CC(C)C(CC(=O)OC(C)(C)C)C(=O)NC(C(=O)CN(C(=O)OC(C)(C)C)S(=O)(=O)CC12CCC(CC1=O)C2(C)C)C(Cc1ccccc1)C(=O)O. The number of carboxylic acid groups (broad SMARTS) is 1. The van der Waals surface area contributed by atoms with Crippen molar-refractivity contribution in [2.45, 2.75) is 119 Å². The molecule has 0 aliphatic heterocycles. The number of amides is 2. The van der Waals surface area contributed by atoms with Crippen LogP contribution < -0.4 is 5.32 Å². The van der Waals surface area contributed by atoms with Crippen molar-refractivity contribution in [2.75, 3.05) is 12.3 Å². The van der Waals surface area contributed by atoms with Gasteiger partial charge in [-0.25, -0.2) is 13.2 Å². The summed E-state index contributed by atoms with van der Waals surface area (Å²) in [6.45, 7) is 15.4. The number of nitrogens with zero attached hydrogens (tertiary/aromatic N) is 1. The van der Waals surface area contributed by atoms with Gasteiger partial charge in [0.15, 0.2) is 5.78 Å².